The van der Waals surface area contributed by atoms with Crippen LogP contribution in [0.4, 0.5) is 11.8 Å². The summed E-state index contributed by atoms with van der Waals surface area (Å²) in [5.41, 5.74) is 6.74. The Hall–Kier alpha value is -1.01. The lowest BCUT2D eigenvalue weighted by Gasteiger charge is -2.11. The zero-order valence-electron chi connectivity index (χ0n) is 10.7. The van der Waals surface area contributed by atoms with Crippen LogP contribution < -0.4 is 11.1 Å². The summed E-state index contributed by atoms with van der Waals surface area (Å²) in [6, 6.07) is 1.99. The molecule has 0 aromatic carbocycles. The van der Waals surface area contributed by atoms with Gasteiger partial charge in [0.05, 0.1) is 12.3 Å². The molecule has 100 valence electrons. The summed E-state index contributed by atoms with van der Waals surface area (Å²) in [7, 11) is 0. The van der Waals surface area contributed by atoms with Gasteiger partial charge in [-0.15, -0.1) is 0 Å². The van der Waals surface area contributed by atoms with E-state index in [2.05, 4.69) is 21.5 Å². The molecule has 1 unspecified atom stereocenters. The standard InChI is InChI=1S/C12H20N4OS/c1-18-6-2-4-14-11-7-10(15-12(13)16-11)9-3-5-17-8-9/h7,9H,2-6,8H2,1H3,(H3,13,14,15,16). The number of nitrogen functional groups attached to an aromatic ring is 1. The number of aromatic nitrogens is 2. The first-order chi connectivity index (χ1) is 8.79. The molecule has 0 amide bonds. The number of ether oxygens (including phenoxy) is 1. The fourth-order valence-corrected chi connectivity index (χ4v) is 2.42. The number of anilines is 2. The van der Waals surface area contributed by atoms with E-state index in [0.717, 1.165) is 49.9 Å². The molecule has 18 heavy (non-hydrogen) atoms. The number of rotatable bonds is 6. The molecule has 0 bridgehead atoms. The number of nitrogens with two attached hydrogens (primary N) is 1. The highest BCUT2D eigenvalue weighted by Gasteiger charge is 2.20. The van der Waals surface area contributed by atoms with Gasteiger partial charge in [-0.1, -0.05) is 0 Å². The van der Waals surface area contributed by atoms with Crippen LogP contribution in [0.15, 0.2) is 6.07 Å². The Morgan fingerprint density at radius 1 is 1.56 bits per heavy atom. The molecule has 1 aromatic heterocycles. The van der Waals surface area contributed by atoms with Crippen LogP contribution in [-0.4, -0.2) is 41.7 Å². The van der Waals surface area contributed by atoms with Gasteiger partial charge in [0.2, 0.25) is 5.95 Å². The molecule has 1 saturated heterocycles. The quantitative estimate of drug-likeness (QED) is 0.765. The van der Waals surface area contributed by atoms with Gasteiger partial charge >= 0.3 is 0 Å². The molecule has 2 heterocycles. The van der Waals surface area contributed by atoms with Gasteiger partial charge in [0.25, 0.3) is 0 Å². The summed E-state index contributed by atoms with van der Waals surface area (Å²) in [5.74, 6) is 2.68. The second-order valence-corrected chi connectivity index (χ2v) is 5.36. The van der Waals surface area contributed by atoms with Gasteiger partial charge in [-0.05, 0) is 24.9 Å². The molecule has 0 saturated carbocycles. The predicted molar refractivity (Wildman–Crippen MR) is 76.1 cm³/mol. The zero-order valence-corrected chi connectivity index (χ0v) is 11.5. The average molecular weight is 268 g/mol. The van der Waals surface area contributed by atoms with Gasteiger partial charge < -0.3 is 15.8 Å². The number of nitrogens with one attached hydrogen (secondary N) is 1. The second-order valence-electron chi connectivity index (χ2n) is 4.37. The third kappa shape index (κ3) is 3.74. The summed E-state index contributed by atoms with van der Waals surface area (Å²) >= 11 is 1.85. The molecule has 1 aliphatic heterocycles. The second kappa shape index (κ2) is 6.80. The zero-order chi connectivity index (χ0) is 12.8. The van der Waals surface area contributed by atoms with Crippen LogP contribution in [-0.2, 0) is 4.74 Å². The van der Waals surface area contributed by atoms with E-state index in [-0.39, 0.29) is 0 Å². The molecule has 5 nitrogen and oxygen atoms in total. The van der Waals surface area contributed by atoms with E-state index in [4.69, 9.17) is 10.5 Å². The summed E-state index contributed by atoms with van der Waals surface area (Å²) in [6.45, 7) is 2.46. The van der Waals surface area contributed by atoms with Crippen molar-refractivity contribution in [2.45, 2.75) is 18.8 Å². The molecule has 1 aliphatic rings. The molecule has 1 fully saturated rings. The van der Waals surface area contributed by atoms with Crippen LogP contribution in [0, 0.1) is 0 Å². The van der Waals surface area contributed by atoms with E-state index >= 15 is 0 Å². The van der Waals surface area contributed by atoms with Gasteiger partial charge in [-0.2, -0.15) is 16.7 Å². The molecule has 0 radical (unpaired) electrons. The molecule has 3 N–H and O–H groups in total. The molecule has 1 aromatic rings. The number of thioether (sulfide) groups is 1. The maximum atomic E-state index is 5.75. The summed E-state index contributed by atoms with van der Waals surface area (Å²) in [5, 5.41) is 3.30. The van der Waals surface area contributed by atoms with Crippen molar-refractivity contribution < 1.29 is 4.74 Å². The van der Waals surface area contributed by atoms with Gasteiger partial charge in [0.15, 0.2) is 0 Å². The third-order valence-electron chi connectivity index (χ3n) is 2.94. The highest BCUT2D eigenvalue weighted by Crippen LogP contribution is 2.25. The lowest BCUT2D eigenvalue weighted by Crippen LogP contribution is -2.10. The Morgan fingerprint density at radius 2 is 2.44 bits per heavy atom. The smallest absolute Gasteiger partial charge is 0.222 e. The minimum Gasteiger partial charge on any atom is -0.381 e. The van der Waals surface area contributed by atoms with Gasteiger partial charge in [0, 0.05) is 25.1 Å². The Morgan fingerprint density at radius 3 is 3.17 bits per heavy atom. The van der Waals surface area contributed by atoms with E-state index in [1.165, 1.54) is 0 Å². The third-order valence-corrected chi connectivity index (χ3v) is 3.64. The van der Waals surface area contributed by atoms with E-state index in [1.54, 1.807) is 0 Å². The van der Waals surface area contributed by atoms with E-state index in [9.17, 15) is 0 Å². The molecule has 0 aliphatic carbocycles. The lowest BCUT2D eigenvalue weighted by molar-refractivity contribution is 0.193. The predicted octanol–water partition coefficient (Wildman–Crippen LogP) is 1.73. The van der Waals surface area contributed by atoms with Crippen LogP contribution in [0.5, 0.6) is 0 Å². The van der Waals surface area contributed by atoms with Gasteiger partial charge in [0.1, 0.15) is 5.82 Å². The average Bonchev–Trinajstić information content (AvgIpc) is 2.88. The maximum absolute atomic E-state index is 5.75. The Balaban J connectivity index is 1.97. The molecular weight excluding hydrogens is 248 g/mol. The summed E-state index contributed by atoms with van der Waals surface area (Å²) in [4.78, 5) is 8.51. The monoisotopic (exact) mass is 268 g/mol. The fourth-order valence-electron chi connectivity index (χ4n) is 1.99. The van der Waals surface area contributed by atoms with Crippen molar-refractivity contribution in [3.05, 3.63) is 11.8 Å². The fraction of sp³-hybridized carbons (Fsp3) is 0.667. The van der Waals surface area contributed by atoms with Crippen LogP contribution in [0.25, 0.3) is 0 Å². The number of hydrogen-bond acceptors (Lipinski definition) is 6. The van der Waals surface area contributed by atoms with Crippen molar-refractivity contribution in [1.82, 2.24) is 9.97 Å². The lowest BCUT2D eigenvalue weighted by atomic mass is 10.0. The van der Waals surface area contributed by atoms with Gasteiger partial charge in [-0.25, -0.2) is 4.98 Å². The Labute approximate surface area is 112 Å². The highest BCUT2D eigenvalue weighted by molar-refractivity contribution is 7.98. The van der Waals surface area contributed by atoms with Crippen LogP contribution in [0.2, 0.25) is 0 Å². The molecular formula is C12H20N4OS. The number of nitrogens with zero attached hydrogens (tertiary/aromatic N) is 2. The number of hydrogen-bond donors (Lipinski definition) is 2. The molecule has 0 spiro atoms. The van der Waals surface area contributed by atoms with E-state index < -0.39 is 0 Å². The van der Waals surface area contributed by atoms with Crippen LogP contribution in [0.3, 0.4) is 0 Å². The first kappa shape index (κ1) is 13.4. The first-order valence-corrected chi connectivity index (χ1v) is 7.64. The molecule has 6 heteroatoms. The molecule has 1 atom stereocenters. The van der Waals surface area contributed by atoms with Crippen molar-refractivity contribution in [3.8, 4) is 0 Å². The molecule has 2 rings (SSSR count). The topological polar surface area (TPSA) is 73.1 Å². The minimum atomic E-state index is 0.340. The van der Waals surface area contributed by atoms with Crippen LogP contribution >= 0.6 is 11.8 Å². The maximum Gasteiger partial charge on any atom is 0.222 e. The van der Waals surface area contributed by atoms with E-state index in [0.29, 0.717) is 11.9 Å². The van der Waals surface area contributed by atoms with Crippen molar-refractivity contribution >= 4 is 23.5 Å². The van der Waals surface area contributed by atoms with Crippen LogP contribution in [0.1, 0.15) is 24.5 Å². The Bertz CT molecular complexity index is 382. The summed E-state index contributed by atoms with van der Waals surface area (Å²) < 4.78 is 5.38. The van der Waals surface area contributed by atoms with Gasteiger partial charge in [-0.3, -0.25) is 0 Å². The van der Waals surface area contributed by atoms with Crippen molar-refractivity contribution in [1.29, 1.82) is 0 Å². The summed E-state index contributed by atoms with van der Waals surface area (Å²) in [6.07, 6.45) is 4.25. The highest BCUT2D eigenvalue weighted by atomic mass is 32.2. The van der Waals surface area contributed by atoms with Crippen molar-refractivity contribution in [2.75, 3.05) is 42.8 Å². The minimum absolute atomic E-state index is 0.340. The Kier molecular flexibility index (Phi) is 5.07. The normalized spacial score (nSPS) is 19.1. The van der Waals surface area contributed by atoms with Crippen molar-refractivity contribution in [2.24, 2.45) is 0 Å². The van der Waals surface area contributed by atoms with Crippen molar-refractivity contribution in [3.63, 3.8) is 0 Å². The van der Waals surface area contributed by atoms with E-state index in [1.807, 2.05) is 17.8 Å². The largest absolute Gasteiger partial charge is 0.381 e. The first-order valence-electron chi connectivity index (χ1n) is 6.24. The SMILES string of the molecule is CSCCCNc1cc(C2CCOC2)nc(N)n1.